The second-order valence-corrected chi connectivity index (χ2v) is 5.48. The number of carbonyl (C=O) groups excluding carboxylic acids is 1. The summed E-state index contributed by atoms with van der Waals surface area (Å²) in [4.78, 5) is 11.6. The van der Waals surface area contributed by atoms with E-state index in [0.29, 0.717) is 11.5 Å². The monoisotopic (exact) mass is 258 g/mol. The Balaban J connectivity index is 2.20. The second-order valence-electron chi connectivity index (χ2n) is 4.07. The number of hydrogen-bond acceptors (Lipinski definition) is 3. The molecule has 2 heterocycles. The zero-order valence-electron chi connectivity index (χ0n) is 9.49. The van der Waals surface area contributed by atoms with E-state index in [1.807, 2.05) is 18.7 Å². The van der Waals surface area contributed by atoms with Crippen LogP contribution in [-0.4, -0.2) is 27.1 Å². The van der Waals surface area contributed by atoms with Crippen molar-refractivity contribution in [1.82, 2.24) is 9.78 Å². The molecule has 1 unspecified atom stereocenters. The summed E-state index contributed by atoms with van der Waals surface area (Å²) in [7, 11) is 1.90. The summed E-state index contributed by atoms with van der Waals surface area (Å²) >= 11 is 7.97. The van der Waals surface area contributed by atoms with E-state index in [9.17, 15) is 4.79 Å². The molecule has 1 saturated heterocycles. The molecule has 1 aromatic rings. The number of nitrogens with zero attached hydrogens (tertiary/aromatic N) is 2. The molecule has 0 saturated carbocycles. The summed E-state index contributed by atoms with van der Waals surface area (Å²) < 4.78 is 1.82. The molecule has 1 atom stereocenters. The largest absolute Gasteiger partial charge is 0.298 e. The molecule has 2 rings (SSSR count). The minimum atomic E-state index is 0.127. The molecule has 0 aromatic carbocycles. The van der Waals surface area contributed by atoms with Crippen molar-refractivity contribution in [2.45, 2.75) is 19.8 Å². The van der Waals surface area contributed by atoms with E-state index < -0.39 is 0 Å². The summed E-state index contributed by atoms with van der Waals surface area (Å²) in [5.41, 5.74) is 1.93. The third-order valence-electron chi connectivity index (χ3n) is 2.96. The van der Waals surface area contributed by atoms with Gasteiger partial charge < -0.3 is 0 Å². The van der Waals surface area contributed by atoms with Crippen LogP contribution < -0.4 is 0 Å². The van der Waals surface area contributed by atoms with Crippen molar-refractivity contribution in [2.24, 2.45) is 13.0 Å². The number of carbonyl (C=O) groups is 1. The minimum Gasteiger partial charge on any atom is -0.298 e. The molecule has 0 spiro atoms. The zero-order chi connectivity index (χ0) is 11.7. The first-order valence-electron chi connectivity index (χ1n) is 5.44. The van der Waals surface area contributed by atoms with E-state index in [0.717, 1.165) is 35.0 Å². The fourth-order valence-electron chi connectivity index (χ4n) is 1.96. The van der Waals surface area contributed by atoms with Crippen molar-refractivity contribution < 1.29 is 4.79 Å². The molecular weight excluding hydrogens is 244 g/mol. The Morgan fingerprint density at radius 3 is 2.88 bits per heavy atom. The second kappa shape index (κ2) is 4.80. The van der Waals surface area contributed by atoms with Gasteiger partial charge in [-0.25, -0.2) is 0 Å². The lowest BCUT2D eigenvalue weighted by atomic mass is 10.0. The number of ketones is 1. The first-order valence-corrected chi connectivity index (χ1v) is 6.97. The Labute approximate surface area is 105 Å². The van der Waals surface area contributed by atoms with Gasteiger partial charge in [-0.2, -0.15) is 16.9 Å². The van der Waals surface area contributed by atoms with Crippen LogP contribution >= 0.6 is 23.4 Å². The van der Waals surface area contributed by atoms with Gasteiger partial charge in [0.1, 0.15) is 5.78 Å². The summed E-state index contributed by atoms with van der Waals surface area (Å²) in [5.74, 6) is 2.05. The van der Waals surface area contributed by atoms with Crippen molar-refractivity contribution in [2.75, 3.05) is 11.5 Å². The molecule has 1 aliphatic rings. The molecule has 0 radical (unpaired) electrons. The van der Waals surface area contributed by atoms with E-state index in [2.05, 4.69) is 5.10 Å². The van der Waals surface area contributed by atoms with Crippen molar-refractivity contribution in [3.63, 3.8) is 0 Å². The molecule has 0 aliphatic carbocycles. The summed E-state index contributed by atoms with van der Waals surface area (Å²) in [6.45, 7) is 2.04. The van der Waals surface area contributed by atoms with Gasteiger partial charge >= 0.3 is 0 Å². The third-order valence-corrected chi connectivity index (χ3v) is 4.52. The highest BCUT2D eigenvalue weighted by Gasteiger charge is 2.27. The number of aryl methyl sites for hydroxylation is 2. The molecule has 0 N–H and O–H groups in total. The maximum atomic E-state index is 11.6. The predicted molar refractivity (Wildman–Crippen MR) is 67.1 cm³/mol. The van der Waals surface area contributed by atoms with Crippen LogP contribution in [-0.2, 0) is 24.7 Å². The molecule has 88 valence electrons. The fourth-order valence-corrected chi connectivity index (χ4v) is 3.47. The molecular formula is C11H15ClN2OS. The van der Waals surface area contributed by atoms with Crippen molar-refractivity contribution in [3.05, 3.63) is 16.4 Å². The Morgan fingerprint density at radius 2 is 2.38 bits per heavy atom. The molecule has 0 bridgehead atoms. The molecule has 1 aliphatic heterocycles. The highest BCUT2D eigenvalue weighted by atomic mass is 35.5. The SMILES string of the molecule is CCc1nn(C)c(CC2CSCC2=O)c1Cl. The van der Waals surface area contributed by atoms with Crippen LogP contribution in [0.4, 0.5) is 0 Å². The van der Waals surface area contributed by atoms with Crippen LogP contribution in [0, 0.1) is 5.92 Å². The van der Waals surface area contributed by atoms with Crippen LogP contribution in [0.25, 0.3) is 0 Å². The molecule has 3 nitrogen and oxygen atoms in total. The molecule has 1 aromatic heterocycles. The van der Waals surface area contributed by atoms with Crippen molar-refractivity contribution in [1.29, 1.82) is 0 Å². The van der Waals surface area contributed by atoms with Gasteiger partial charge in [0.25, 0.3) is 0 Å². The topological polar surface area (TPSA) is 34.9 Å². The quantitative estimate of drug-likeness (QED) is 0.833. The van der Waals surface area contributed by atoms with Gasteiger partial charge in [0.05, 0.1) is 22.2 Å². The van der Waals surface area contributed by atoms with Gasteiger partial charge in [-0.1, -0.05) is 18.5 Å². The minimum absolute atomic E-state index is 0.127. The van der Waals surface area contributed by atoms with Gasteiger partial charge in [0.2, 0.25) is 0 Å². The maximum absolute atomic E-state index is 11.6. The lowest BCUT2D eigenvalue weighted by Crippen LogP contribution is -2.16. The number of aromatic nitrogens is 2. The normalized spacial score (nSPS) is 20.7. The van der Waals surface area contributed by atoms with Gasteiger partial charge in [0.15, 0.2) is 0 Å². The average molecular weight is 259 g/mol. The van der Waals surface area contributed by atoms with E-state index >= 15 is 0 Å². The van der Waals surface area contributed by atoms with E-state index in [1.54, 1.807) is 11.8 Å². The first-order chi connectivity index (χ1) is 7.63. The molecule has 0 amide bonds. The predicted octanol–water partition coefficient (Wildman–Crippen LogP) is 2.11. The number of Topliss-reactive ketones (excluding diaryl/α,β-unsaturated/α-hetero) is 1. The third kappa shape index (κ3) is 2.13. The molecule has 5 heteroatoms. The smallest absolute Gasteiger partial charge is 0.147 e. The van der Waals surface area contributed by atoms with Crippen LogP contribution in [0.1, 0.15) is 18.3 Å². The number of hydrogen-bond donors (Lipinski definition) is 0. The summed E-state index contributed by atoms with van der Waals surface area (Å²) in [6.07, 6.45) is 1.56. The summed E-state index contributed by atoms with van der Waals surface area (Å²) in [5, 5.41) is 5.11. The van der Waals surface area contributed by atoms with Crippen LogP contribution in [0.5, 0.6) is 0 Å². The molecule has 16 heavy (non-hydrogen) atoms. The first kappa shape index (κ1) is 12.0. The maximum Gasteiger partial charge on any atom is 0.147 e. The lowest BCUT2D eigenvalue weighted by molar-refractivity contribution is -0.119. The Morgan fingerprint density at radius 1 is 1.62 bits per heavy atom. The van der Waals surface area contributed by atoms with Gasteiger partial charge in [-0.15, -0.1) is 0 Å². The summed E-state index contributed by atoms with van der Waals surface area (Å²) in [6, 6.07) is 0. The van der Waals surface area contributed by atoms with Crippen molar-refractivity contribution >= 4 is 29.1 Å². The van der Waals surface area contributed by atoms with Gasteiger partial charge in [-0.3, -0.25) is 9.48 Å². The fraction of sp³-hybridized carbons (Fsp3) is 0.636. The van der Waals surface area contributed by atoms with Crippen LogP contribution in [0.15, 0.2) is 0 Å². The van der Waals surface area contributed by atoms with Gasteiger partial charge in [0, 0.05) is 25.1 Å². The Hall–Kier alpha value is -0.480. The Kier molecular flexibility index (Phi) is 3.60. The lowest BCUT2D eigenvalue weighted by Gasteiger charge is -2.07. The van der Waals surface area contributed by atoms with E-state index in [1.165, 1.54) is 0 Å². The number of rotatable bonds is 3. The van der Waals surface area contributed by atoms with Gasteiger partial charge in [-0.05, 0) is 6.42 Å². The van der Waals surface area contributed by atoms with E-state index in [4.69, 9.17) is 11.6 Å². The highest BCUT2D eigenvalue weighted by Crippen LogP contribution is 2.28. The zero-order valence-corrected chi connectivity index (χ0v) is 11.1. The average Bonchev–Trinajstić information content (AvgIpc) is 2.77. The van der Waals surface area contributed by atoms with Crippen LogP contribution in [0.3, 0.4) is 0 Å². The number of halogens is 1. The van der Waals surface area contributed by atoms with Crippen LogP contribution in [0.2, 0.25) is 5.02 Å². The molecule has 1 fully saturated rings. The standard InChI is InChI=1S/C11H15ClN2OS/c1-3-8-11(12)9(14(2)13-8)4-7-5-16-6-10(7)15/h7H,3-6H2,1-2H3. The van der Waals surface area contributed by atoms with E-state index in [-0.39, 0.29) is 5.92 Å². The highest BCUT2D eigenvalue weighted by molar-refractivity contribution is 8.00. The Bertz CT molecular complexity index is 416. The number of thioether (sulfide) groups is 1. The van der Waals surface area contributed by atoms with Crippen molar-refractivity contribution in [3.8, 4) is 0 Å².